The predicted octanol–water partition coefficient (Wildman–Crippen LogP) is 4.12. The van der Waals surface area contributed by atoms with E-state index in [2.05, 4.69) is 37.2 Å². The number of hydrazone groups is 1. The topological polar surface area (TPSA) is 145 Å². The monoisotopic (exact) mass is 542 g/mol. The average Bonchev–Trinajstić information content (AvgIpc) is 3.73. The molecular formula is C27H23ClN8O3. The molecule has 39 heavy (non-hydrogen) atoms. The second kappa shape index (κ2) is 9.02. The number of carboxylic acids is 1. The molecule has 0 spiro atoms. The molecule has 6 N–H and O–H groups in total. The molecule has 2 atom stereocenters. The number of hydrogen-bond donors (Lipinski definition) is 6. The number of nitrogens with one attached hydrogen (secondary N) is 4. The summed E-state index contributed by atoms with van der Waals surface area (Å²) < 4.78 is 0. The van der Waals surface area contributed by atoms with Crippen LogP contribution in [-0.4, -0.2) is 48.6 Å². The Hall–Kier alpha value is -4.58. The molecule has 5 heterocycles. The summed E-state index contributed by atoms with van der Waals surface area (Å²) in [6, 6.07) is 11.1. The molecule has 0 aliphatic carbocycles. The van der Waals surface area contributed by atoms with Crippen LogP contribution in [0.4, 0.5) is 5.69 Å². The maximum atomic E-state index is 11.6. The minimum Gasteiger partial charge on any atom is -0.478 e. The van der Waals surface area contributed by atoms with Crippen LogP contribution >= 0.6 is 11.6 Å². The number of benzene rings is 2. The third-order valence-corrected chi connectivity index (χ3v) is 7.58. The van der Waals surface area contributed by atoms with E-state index in [9.17, 15) is 15.0 Å². The lowest BCUT2D eigenvalue weighted by atomic mass is 9.98. The molecule has 2 aromatic heterocycles. The number of carboxylic acid groups (broad SMARTS) is 1. The lowest BCUT2D eigenvalue weighted by Gasteiger charge is -2.34. The molecule has 3 aliphatic heterocycles. The first kappa shape index (κ1) is 23.5. The fourth-order valence-electron chi connectivity index (χ4n) is 5.55. The molecule has 1 saturated heterocycles. The third-order valence-electron chi connectivity index (χ3n) is 7.35. The summed E-state index contributed by atoms with van der Waals surface area (Å²) in [5, 5.41) is 27.7. The Morgan fingerprint density at radius 2 is 2.08 bits per heavy atom. The van der Waals surface area contributed by atoms with Crippen LogP contribution in [-0.2, 0) is 0 Å². The number of rotatable bonds is 5. The van der Waals surface area contributed by atoms with E-state index >= 15 is 0 Å². The minimum absolute atomic E-state index is 0.140. The number of allylic oxidation sites excluding steroid dienone is 3. The molecule has 0 amide bonds. The van der Waals surface area contributed by atoms with Crippen LogP contribution in [0.5, 0.6) is 0 Å². The van der Waals surface area contributed by atoms with E-state index in [1.54, 1.807) is 17.5 Å². The summed E-state index contributed by atoms with van der Waals surface area (Å²) in [5.74, 6) is -0.240. The molecule has 3 aliphatic rings. The Morgan fingerprint density at radius 1 is 1.18 bits per heavy atom. The molecule has 2 aromatic carbocycles. The van der Waals surface area contributed by atoms with Gasteiger partial charge in [0.2, 0.25) is 0 Å². The van der Waals surface area contributed by atoms with Gasteiger partial charge in [-0.3, -0.25) is 0 Å². The molecule has 1 unspecified atom stereocenters. The van der Waals surface area contributed by atoms with Crippen molar-refractivity contribution in [2.45, 2.75) is 25.1 Å². The van der Waals surface area contributed by atoms with Crippen LogP contribution in [0.15, 0.2) is 71.7 Å². The maximum Gasteiger partial charge on any atom is 0.337 e. The Balaban J connectivity index is 1.18. The van der Waals surface area contributed by atoms with E-state index in [4.69, 9.17) is 11.6 Å². The first-order chi connectivity index (χ1) is 19.0. The second-order valence-electron chi connectivity index (χ2n) is 9.58. The Labute approximate surface area is 227 Å². The largest absolute Gasteiger partial charge is 0.478 e. The van der Waals surface area contributed by atoms with Crippen molar-refractivity contribution in [3.63, 3.8) is 0 Å². The Bertz CT molecular complexity index is 1720. The van der Waals surface area contributed by atoms with Gasteiger partial charge in [-0.15, -0.1) is 5.53 Å². The first-order valence-electron chi connectivity index (χ1n) is 12.4. The van der Waals surface area contributed by atoms with Gasteiger partial charge < -0.3 is 25.1 Å². The zero-order valence-electron chi connectivity index (χ0n) is 20.4. The number of aromatic amines is 2. The lowest BCUT2D eigenvalue weighted by Crippen LogP contribution is -2.38. The number of carbonyl (C=O) groups is 1. The molecule has 196 valence electrons. The third kappa shape index (κ3) is 3.95. The number of hydrazine groups is 2. The number of aliphatic hydroxyl groups excluding tert-OH is 1. The van der Waals surface area contributed by atoms with E-state index < -0.39 is 12.2 Å². The molecule has 12 heteroatoms. The predicted molar refractivity (Wildman–Crippen MR) is 147 cm³/mol. The highest BCUT2D eigenvalue weighted by molar-refractivity contribution is 6.31. The summed E-state index contributed by atoms with van der Waals surface area (Å²) in [5.41, 5.74) is 11.8. The fraction of sp³-hybridized carbons (Fsp3) is 0.148. The lowest BCUT2D eigenvalue weighted by molar-refractivity contribution is 0.0487. The van der Waals surface area contributed by atoms with Crippen molar-refractivity contribution in [3.8, 4) is 11.3 Å². The molecule has 11 nitrogen and oxygen atoms in total. The number of anilines is 1. The number of hydrogen-bond acceptors (Lipinski definition) is 8. The average molecular weight is 543 g/mol. The molecule has 4 aromatic rings. The van der Waals surface area contributed by atoms with Gasteiger partial charge in [-0.05, 0) is 60.9 Å². The van der Waals surface area contributed by atoms with Gasteiger partial charge in [-0.1, -0.05) is 17.7 Å². The molecule has 0 bridgehead atoms. The molecule has 7 rings (SSSR count). The number of imidazole rings is 1. The van der Waals surface area contributed by atoms with Gasteiger partial charge in [0.05, 0.1) is 29.2 Å². The van der Waals surface area contributed by atoms with Gasteiger partial charge in [0.25, 0.3) is 0 Å². The van der Waals surface area contributed by atoms with Gasteiger partial charge in [0.15, 0.2) is 0 Å². The second-order valence-corrected chi connectivity index (χ2v) is 10.0. The fourth-order valence-corrected chi connectivity index (χ4v) is 5.72. The van der Waals surface area contributed by atoms with Crippen molar-refractivity contribution in [1.82, 2.24) is 30.9 Å². The number of halogens is 1. The number of aliphatic hydroxyl groups is 1. The standard InChI is InChI=1S/C27H23ClN8O3/c28-16-2-5-23(35-13-31-33-34-35)18(10-16)15-7-17-3-6-24(36(17)25(37)9-15)26-30-12-22(32-26)14-1-4-21-19(8-14)20(11-29-21)27(38)39/h1-2,4-5,7-13,24-25,29,33-34,37H,3,6H2,(H,30,32)(H,38,39)/t24-,25?/m0/s1. The SMILES string of the molecule is O=C(O)c1c[nH]c2ccc(-c3cnc([C@@H]4CCC5=CC(c6cc(Cl)ccc6N6C=NNN6)=CC(O)N54)[nH]3)cc12. The number of H-pyrrole nitrogens is 2. The maximum absolute atomic E-state index is 11.6. The summed E-state index contributed by atoms with van der Waals surface area (Å²) in [6.45, 7) is 0. The van der Waals surface area contributed by atoms with E-state index in [1.165, 1.54) is 6.20 Å². The quantitative estimate of drug-likeness (QED) is 0.221. The first-order valence-corrected chi connectivity index (χ1v) is 12.8. The van der Waals surface area contributed by atoms with Gasteiger partial charge >= 0.3 is 5.97 Å². The van der Waals surface area contributed by atoms with Gasteiger partial charge in [-0.25, -0.2) is 20.3 Å². The highest BCUT2D eigenvalue weighted by Gasteiger charge is 2.37. The van der Waals surface area contributed by atoms with Crippen LogP contribution in [0.25, 0.3) is 27.7 Å². The number of fused-ring (bicyclic) bond motifs is 2. The Morgan fingerprint density at radius 3 is 2.90 bits per heavy atom. The van der Waals surface area contributed by atoms with Gasteiger partial charge in [0.1, 0.15) is 18.4 Å². The highest BCUT2D eigenvalue weighted by Crippen LogP contribution is 2.44. The zero-order valence-corrected chi connectivity index (χ0v) is 21.1. The molecular weight excluding hydrogens is 520 g/mol. The normalized spacial score (nSPS) is 20.3. The molecule has 1 fully saturated rings. The van der Waals surface area contributed by atoms with Crippen LogP contribution in [0.3, 0.4) is 0 Å². The van der Waals surface area contributed by atoms with Crippen molar-refractivity contribution in [2.75, 3.05) is 5.01 Å². The molecule has 0 saturated carbocycles. The zero-order chi connectivity index (χ0) is 26.7. The summed E-state index contributed by atoms with van der Waals surface area (Å²) in [4.78, 5) is 24.6. The van der Waals surface area contributed by atoms with E-state index in [0.29, 0.717) is 10.4 Å². The minimum atomic E-state index is -0.980. The van der Waals surface area contributed by atoms with Crippen molar-refractivity contribution >= 4 is 46.1 Å². The summed E-state index contributed by atoms with van der Waals surface area (Å²) in [7, 11) is 0. The number of nitrogens with zero attached hydrogens (tertiary/aromatic N) is 4. The molecule has 0 radical (unpaired) electrons. The van der Waals surface area contributed by atoms with Crippen LogP contribution < -0.4 is 16.1 Å². The highest BCUT2D eigenvalue weighted by atomic mass is 35.5. The van der Waals surface area contributed by atoms with Crippen LogP contribution in [0.2, 0.25) is 5.02 Å². The van der Waals surface area contributed by atoms with E-state index in [-0.39, 0.29) is 11.6 Å². The summed E-state index contributed by atoms with van der Waals surface area (Å²) >= 11 is 6.34. The van der Waals surface area contributed by atoms with Crippen LogP contribution in [0.1, 0.15) is 40.6 Å². The number of aromatic carboxylic acids is 1. The van der Waals surface area contributed by atoms with E-state index in [0.717, 1.165) is 58.0 Å². The van der Waals surface area contributed by atoms with Crippen molar-refractivity contribution in [1.29, 1.82) is 0 Å². The summed E-state index contributed by atoms with van der Waals surface area (Å²) in [6.07, 6.45) is 9.47. The Kier molecular flexibility index (Phi) is 5.44. The van der Waals surface area contributed by atoms with Gasteiger partial charge in [0, 0.05) is 38.9 Å². The van der Waals surface area contributed by atoms with E-state index in [1.807, 2.05) is 47.4 Å². The van der Waals surface area contributed by atoms with Crippen molar-refractivity contribution in [3.05, 3.63) is 88.6 Å². The number of aromatic nitrogens is 3. The smallest absolute Gasteiger partial charge is 0.337 e. The van der Waals surface area contributed by atoms with Gasteiger partial charge in [-0.2, -0.15) is 5.10 Å². The van der Waals surface area contributed by atoms with Crippen molar-refractivity contribution < 1.29 is 15.0 Å². The van der Waals surface area contributed by atoms with Crippen LogP contribution in [0, 0.1) is 0 Å². The van der Waals surface area contributed by atoms with Crippen molar-refractivity contribution in [2.24, 2.45) is 5.10 Å².